The average molecular weight is 397 g/mol. The van der Waals surface area contributed by atoms with Gasteiger partial charge in [0.2, 0.25) is 0 Å². The number of Topliss-reactive ketones (excluding diaryl/α,β-unsaturated/α-hetero) is 1. The molecule has 148 valence electrons. The lowest BCUT2D eigenvalue weighted by Crippen LogP contribution is -2.57. The van der Waals surface area contributed by atoms with Crippen molar-refractivity contribution >= 4 is 32.9 Å². The number of anilines is 1. The third-order valence-corrected chi connectivity index (χ3v) is 8.89. The number of rotatable bonds is 4. The van der Waals surface area contributed by atoms with Gasteiger partial charge in [-0.25, -0.2) is 0 Å². The highest BCUT2D eigenvalue weighted by atomic mass is 32.1. The molecule has 28 heavy (non-hydrogen) atoms. The van der Waals surface area contributed by atoms with Crippen LogP contribution in [0.15, 0.2) is 24.3 Å². The summed E-state index contributed by atoms with van der Waals surface area (Å²) in [6.07, 6.45) is 5.99. The summed E-state index contributed by atoms with van der Waals surface area (Å²) in [4.78, 5) is 19.3. The summed E-state index contributed by atoms with van der Waals surface area (Å²) in [6, 6.07) is 8.77. The van der Waals surface area contributed by atoms with E-state index in [1.807, 2.05) is 0 Å². The number of hydrogen-bond donors (Lipinski definition) is 0. The molecule has 1 atom stereocenters. The van der Waals surface area contributed by atoms with E-state index in [0.717, 1.165) is 43.5 Å². The maximum absolute atomic E-state index is 13.2. The largest absolute Gasteiger partial charge is 0.378 e. The van der Waals surface area contributed by atoms with Crippen LogP contribution in [-0.2, 0) is 4.74 Å². The first kappa shape index (κ1) is 17.4. The molecule has 7 rings (SSSR count). The lowest BCUT2D eigenvalue weighted by atomic mass is 9.70. The fraction of sp³-hybridized carbons (Fsp3) is 0.609. The van der Waals surface area contributed by atoms with Crippen LogP contribution in [0.25, 0.3) is 10.1 Å². The predicted octanol–water partition coefficient (Wildman–Crippen LogP) is 4.19. The number of fused-ring (bicyclic) bond motifs is 3. The zero-order valence-electron chi connectivity index (χ0n) is 16.4. The Kier molecular flexibility index (Phi) is 4.07. The van der Waals surface area contributed by atoms with Gasteiger partial charge in [-0.2, -0.15) is 0 Å². The van der Waals surface area contributed by atoms with Gasteiger partial charge in [-0.3, -0.25) is 9.69 Å². The van der Waals surface area contributed by atoms with E-state index < -0.39 is 0 Å². The SMILES string of the molecule is O=C(C[C@@H]1C2CCN(CC2)C12CC2)c1cc2ccc(N3CCOCC3)cc2s1. The highest BCUT2D eigenvalue weighted by Crippen LogP contribution is 2.58. The second-order valence-corrected chi connectivity index (χ2v) is 10.2. The minimum atomic E-state index is 0.374. The Morgan fingerprint density at radius 1 is 1.11 bits per heavy atom. The Morgan fingerprint density at radius 3 is 2.64 bits per heavy atom. The molecule has 0 unspecified atom stereocenters. The molecule has 5 heterocycles. The first-order valence-corrected chi connectivity index (χ1v) is 11.7. The number of benzene rings is 1. The smallest absolute Gasteiger partial charge is 0.173 e. The zero-order chi connectivity index (χ0) is 18.7. The van der Waals surface area contributed by atoms with Gasteiger partial charge in [0.15, 0.2) is 5.78 Å². The number of carbonyl (C=O) groups excluding carboxylic acids is 1. The number of morpholine rings is 1. The van der Waals surface area contributed by atoms with Gasteiger partial charge in [-0.15, -0.1) is 11.3 Å². The Labute approximate surface area is 170 Å². The van der Waals surface area contributed by atoms with Gasteiger partial charge < -0.3 is 9.64 Å². The van der Waals surface area contributed by atoms with E-state index in [2.05, 4.69) is 34.1 Å². The number of nitrogens with zero attached hydrogens (tertiary/aromatic N) is 2. The third-order valence-electron chi connectivity index (χ3n) is 7.75. The number of ether oxygens (including phenoxy) is 1. The molecule has 4 aliphatic heterocycles. The summed E-state index contributed by atoms with van der Waals surface area (Å²) < 4.78 is 6.71. The van der Waals surface area contributed by atoms with Crippen molar-refractivity contribution in [2.75, 3.05) is 44.3 Å². The fourth-order valence-corrected chi connectivity index (χ4v) is 7.11. The quantitative estimate of drug-likeness (QED) is 0.726. The van der Waals surface area contributed by atoms with Gasteiger partial charge >= 0.3 is 0 Å². The molecule has 2 aromatic rings. The summed E-state index contributed by atoms with van der Waals surface area (Å²) in [6.45, 7) is 6.03. The summed E-state index contributed by atoms with van der Waals surface area (Å²) >= 11 is 1.69. The van der Waals surface area contributed by atoms with Gasteiger partial charge in [0.1, 0.15) is 0 Å². The minimum Gasteiger partial charge on any atom is -0.378 e. The van der Waals surface area contributed by atoms with Crippen LogP contribution in [-0.4, -0.2) is 55.6 Å². The Morgan fingerprint density at radius 2 is 1.89 bits per heavy atom. The first-order chi connectivity index (χ1) is 13.7. The van der Waals surface area contributed by atoms with Crippen molar-refractivity contribution in [3.8, 4) is 0 Å². The molecule has 0 radical (unpaired) electrons. The van der Waals surface area contributed by atoms with Crippen LogP contribution in [0.2, 0.25) is 0 Å². The highest BCUT2D eigenvalue weighted by Gasteiger charge is 2.60. The van der Waals surface area contributed by atoms with E-state index in [1.54, 1.807) is 11.3 Å². The minimum absolute atomic E-state index is 0.374. The second kappa shape index (κ2) is 6.54. The summed E-state index contributed by atoms with van der Waals surface area (Å²) in [5.41, 5.74) is 1.66. The molecule has 1 aliphatic carbocycles. The molecule has 5 fully saturated rings. The summed E-state index contributed by atoms with van der Waals surface area (Å²) in [5.74, 6) is 1.74. The molecule has 0 N–H and O–H groups in total. The molecule has 1 spiro atoms. The van der Waals surface area contributed by atoms with Crippen molar-refractivity contribution < 1.29 is 9.53 Å². The molecule has 0 amide bonds. The monoisotopic (exact) mass is 396 g/mol. The van der Waals surface area contributed by atoms with Crippen molar-refractivity contribution in [3.63, 3.8) is 0 Å². The van der Waals surface area contributed by atoms with Crippen LogP contribution in [0, 0.1) is 11.8 Å². The van der Waals surface area contributed by atoms with Crippen LogP contribution >= 0.6 is 11.3 Å². The second-order valence-electron chi connectivity index (χ2n) is 9.09. The van der Waals surface area contributed by atoms with Crippen molar-refractivity contribution in [1.29, 1.82) is 0 Å². The Balaban J connectivity index is 1.23. The summed E-state index contributed by atoms with van der Waals surface area (Å²) in [5, 5.41) is 1.21. The molecule has 4 nitrogen and oxygen atoms in total. The summed E-state index contributed by atoms with van der Waals surface area (Å²) in [7, 11) is 0. The van der Waals surface area contributed by atoms with Gasteiger partial charge in [0.25, 0.3) is 0 Å². The molecule has 1 aromatic heterocycles. The molecule has 2 bridgehead atoms. The number of carbonyl (C=O) groups is 1. The lowest BCUT2D eigenvalue weighted by molar-refractivity contribution is -0.0273. The van der Waals surface area contributed by atoms with Gasteiger partial charge in [-0.1, -0.05) is 6.07 Å². The Bertz CT molecular complexity index is 904. The van der Waals surface area contributed by atoms with Crippen LogP contribution in [0.3, 0.4) is 0 Å². The van der Waals surface area contributed by atoms with E-state index in [4.69, 9.17) is 4.74 Å². The number of thiophene rings is 1. The van der Waals surface area contributed by atoms with Gasteiger partial charge in [0.05, 0.1) is 18.1 Å². The number of ketones is 1. The normalized spacial score (nSPS) is 30.9. The van der Waals surface area contributed by atoms with Gasteiger partial charge in [-0.05, 0) is 74.2 Å². The van der Waals surface area contributed by atoms with E-state index in [1.165, 1.54) is 54.5 Å². The maximum Gasteiger partial charge on any atom is 0.173 e. The highest BCUT2D eigenvalue weighted by molar-refractivity contribution is 7.20. The average Bonchev–Trinajstić information content (AvgIpc) is 3.40. The molecule has 5 aliphatic rings. The third kappa shape index (κ3) is 2.74. The van der Waals surface area contributed by atoms with Crippen molar-refractivity contribution in [2.24, 2.45) is 11.8 Å². The number of hydrogen-bond acceptors (Lipinski definition) is 5. The van der Waals surface area contributed by atoms with Crippen molar-refractivity contribution in [3.05, 3.63) is 29.1 Å². The zero-order valence-corrected chi connectivity index (χ0v) is 17.2. The van der Waals surface area contributed by atoms with E-state index >= 15 is 0 Å². The lowest BCUT2D eigenvalue weighted by Gasteiger charge is -2.52. The topological polar surface area (TPSA) is 32.8 Å². The number of piperidine rings is 3. The van der Waals surface area contributed by atoms with Crippen LogP contribution in [0.4, 0.5) is 5.69 Å². The van der Waals surface area contributed by atoms with Crippen molar-refractivity contribution in [2.45, 2.75) is 37.6 Å². The van der Waals surface area contributed by atoms with E-state index in [0.29, 0.717) is 17.2 Å². The molecule has 5 heteroatoms. The van der Waals surface area contributed by atoms with E-state index in [-0.39, 0.29) is 0 Å². The standard InChI is InChI=1S/C23H28N2O2S/c26-20(15-19-16-3-7-25(8-4-16)23(19)5-6-23)22-13-17-1-2-18(14-21(17)28-22)24-9-11-27-12-10-24/h1-2,13-14,16,19H,3-12,15H2/t19-/m1/s1. The van der Waals surface area contributed by atoms with Crippen molar-refractivity contribution in [1.82, 2.24) is 4.90 Å². The Hall–Kier alpha value is -1.43. The molecular formula is C23H28N2O2S. The van der Waals surface area contributed by atoms with Gasteiger partial charge in [0, 0.05) is 35.4 Å². The van der Waals surface area contributed by atoms with Crippen LogP contribution in [0.1, 0.15) is 41.8 Å². The fourth-order valence-electron chi connectivity index (χ4n) is 6.07. The molecular weight excluding hydrogens is 368 g/mol. The maximum atomic E-state index is 13.2. The first-order valence-electron chi connectivity index (χ1n) is 10.9. The molecule has 4 saturated heterocycles. The predicted molar refractivity (Wildman–Crippen MR) is 114 cm³/mol. The molecule has 1 saturated carbocycles. The molecule has 1 aromatic carbocycles. The van der Waals surface area contributed by atoms with E-state index in [9.17, 15) is 4.79 Å². The van der Waals surface area contributed by atoms with Crippen LogP contribution in [0.5, 0.6) is 0 Å². The van der Waals surface area contributed by atoms with Crippen LogP contribution < -0.4 is 4.90 Å².